The Morgan fingerprint density at radius 3 is 2.12 bits per heavy atom. The maximum atomic E-state index is 13.0. The summed E-state index contributed by atoms with van der Waals surface area (Å²) in [5, 5.41) is 9.23. The number of para-hydroxylation sites is 2. The van der Waals surface area contributed by atoms with Crippen molar-refractivity contribution in [2.75, 3.05) is 25.0 Å². The predicted molar refractivity (Wildman–Crippen MR) is 149 cm³/mol. The Bertz CT molecular complexity index is 1380. The average Bonchev–Trinajstić information content (AvgIpc) is 2.92. The minimum Gasteiger partial charge on any atom is -0.493 e. The molecular weight excluding hydrogens is 587 g/mol. The van der Waals surface area contributed by atoms with Crippen LogP contribution in [0.3, 0.4) is 0 Å². The first kappa shape index (κ1) is 33.8. The largest absolute Gasteiger partial charge is 0.534 e. The zero-order chi connectivity index (χ0) is 30.8. The van der Waals surface area contributed by atoms with Crippen LogP contribution in [0.1, 0.15) is 40.2 Å². The van der Waals surface area contributed by atoms with E-state index in [1.165, 1.54) is 13.2 Å². The van der Waals surface area contributed by atoms with Gasteiger partial charge in [0.25, 0.3) is 5.88 Å². The lowest BCUT2D eigenvalue weighted by atomic mass is 9.87. The smallest absolute Gasteiger partial charge is 0.493 e. The second-order valence-corrected chi connectivity index (χ2v) is 11.2. The molecule has 3 aromatic rings. The lowest BCUT2D eigenvalue weighted by Crippen LogP contribution is -2.28. The molecule has 0 saturated heterocycles. The third-order valence-corrected chi connectivity index (χ3v) is 6.62. The Kier molecular flexibility index (Phi) is 11.9. The van der Waals surface area contributed by atoms with Crippen LogP contribution in [0.25, 0.3) is 0 Å². The monoisotopic (exact) mass is 619 g/mol. The van der Waals surface area contributed by atoms with Gasteiger partial charge in [-0.2, -0.15) is 31.6 Å². The van der Waals surface area contributed by atoms with E-state index >= 15 is 0 Å². The number of hydrogen-bond acceptors (Lipinski definition) is 11. The van der Waals surface area contributed by atoms with Crippen LogP contribution in [0.2, 0.25) is 0 Å². The summed E-state index contributed by atoms with van der Waals surface area (Å²) in [5.74, 6) is -0.549. The molecule has 0 bridgehead atoms. The SMILES string of the molecule is CC.COc1ccccc1Oc1c(NSc2ccc(C(C)(C)C)cc2)nc(OS(=O)(=O)C(F)(F)F)nc1OCCO. The zero-order valence-corrected chi connectivity index (χ0v) is 24.9. The highest BCUT2D eigenvalue weighted by Crippen LogP contribution is 2.42. The summed E-state index contributed by atoms with van der Waals surface area (Å²) in [4.78, 5) is 8.15. The van der Waals surface area contributed by atoms with E-state index in [9.17, 15) is 26.7 Å². The molecule has 41 heavy (non-hydrogen) atoms. The van der Waals surface area contributed by atoms with E-state index in [1.54, 1.807) is 18.2 Å². The maximum absolute atomic E-state index is 13.0. The van der Waals surface area contributed by atoms with Crippen molar-refractivity contribution < 1.29 is 45.1 Å². The Hall–Kier alpha value is -3.43. The van der Waals surface area contributed by atoms with Crippen molar-refractivity contribution in [3.05, 3.63) is 54.1 Å². The third kappa shape index (κ3) is 9.30. The van der Waals surface area contributed by atoms with E-state index < -0.39 is 34.1 Å². The molecule has 0 radical (unpaired) electrons. The van der Waals surface area contributed by atoms with Gasteiger partial charge >= 0.3 is 21.6 Å². The van der Waals surface area contributed by atoms with Crippen molar-refractivity contribution in [3.8, 4) is 29.1 Å². The second-order valence-electron chi connectivity index (χ2n) is 8.78. The first-order chi connectivity index (χ1) is 19.2. The molecule has 0 aliphatic rings. The van der Waals surface area contributed by atoms with Gasteiger partial charge in [-0.1, -0.05) is 58.9 Å². The highest BCUT2D eigenvalue weighted by Gasteiger charge is 2.49. The van der Waals surface area contributed by atoms with E-state index in [0.29, 0.717) is 10.6 Å². The molecule has 0 saturated carbocycles. The molecule has 3 rings (SSSR count). The Balaban J connectivity index is 0.00000287. The molecule has 2 aromatic carbocycles. The normalized spacial score (nSPS) is 11.7. The number of methoxy groups -OCH3 is 1. The summed E-state index contributed by atoms with van der Waals surface area (Å²) in [5.41, 5.74) is -4.75. The van der Waals surface area contributed by atoms with Gasteiger partial charge in [-0.25, -0.2) is 0 Å². The quantitative estimate of drug-likeness (QED) is 0.142. The summed E-state index contributed by atoms with van der Waals surface area (Å²) >= 11 is 1.01. The second kappa shape index (κ2) is 14.5. The summed E-state index contributed by atoms with van der Waals surface area (Å²) in [6, 6.07) is 12.7. The van der Waals surface area contributed by atoms with Gasteiger partial charge < -0.3 is 28.2 Å². The van der Waals surface area contributed by atoms with Crippen molar-refractivity contribution in [3.63, 3.8) is 0 Å². The number of ether oxygens (including phenoxy) is 3. The first-order valence-electron chi connectivity index (χ1n) is 12.3. The molecular formula is C26H32F3N3O7S2. The van der Waals surface area contributed by atoms with Crippen LogP contribution < -0.4 is 23.1 Å². The number of benzene rings is 2. The van der Waals surface area contributed by atoms with Crippen LogP contribution in [0.4, 0.5) is 19.0 Å². The summed E-state index contributed by atoms with van der Waals surface area (Å²) in [6.45, 7) is 9.32. The number of anilines is 1. The minimum absolute atomic E-state index is 0.0891. The van der Waals surface area contributed by atoms with E-state index in [0.717, 1.165) is 17.5 Å². The molecule has 10 nitrogen and oxygen atoms in total. The van der Waals surface area contributed by atoms with Crippen LogP contribution in [0, 0.1) is 0 Å². The molecule has 0 aliphatic carbocycles. The van der Waals surface area contributed by atoms with Gasteiger partial charge in [-0.15, -0.1) is 0 Å². The standard InChI is InChI=1S/C24H26F3N3O7S2.C2H6/c1-23(2,3)15-9-11-16(12-10-15)38-30-20-19(36-18-8-6-5-7-17(18)34-4)21(35-14-13-31)29-22(28-20)37-39(32,33)24(25,26)27;1-2/h5-12,31H,13-14H2,1-4H3,(H,28,29,30);1-2H3. The molecule has 226 valence electrons. The lowest BCUT2D eigenvalue weighted by Gasteiger charge is -2.19. The molecule has 1 heterocycles. The molecule has 0 fully saturated rings. The van der Waals surface area contributed by atoms with Gasteiger partial charge in [-0.05, 0) is 47.2 Å². The van der Waals surface area contributed by atoms with Crippen molar-refractivity contribution >= 4 is 27.9 Å². The van der Waals surface area contributed by atoms with Gasteiger partial charge in [0.15, 0.2) is 17.3 Å². The zero-order valence-electron chi connectivity index (χ0n) is 23.3. The average molecular weight is 620 g/mol. The summed E-state index contributed by atoms with van der Waals surface area (Å²) in [6.07, 6.45) is 0. The molecule has 0 aliphatic heterocycles. The number of rotatable bonds is 11. The number of aliphatic hydroxyl groups excluding tert-OH is 1. The molecule has 0 atom stereocenters. The van der Waals surface area contributed by atoms with Crippen molar-refractivity contribution in [1.29, 1.82) is 0 Å². The highest BCUT2D eigenvalue weighted by molar-refractivity contribution is 8.00. The van der Waals surface area contributed by atoms with E-state index in [1.807, 2.05) is 38.1 Å². The van der Waals surface area contributed by atoms with Crippen molar-refractivity contribution in [1.82, 2.24) is 9.97 Å². The van der Waals surface area contributed by atoms with Gasteiger partial charge in [-0.3, -0.25) is 0 Å². The summed E-state index contributed by atoms with van der Waals surface area (Å²) in [7, 11) is -4.70. The fourth-order valence-corrected chi connectivity index (χ4v) is 3.93. The summed E-state index contributed by atoms with van der Waals surface area (Å²) < 4.78 is 85.6. The molecule has 0 spiro atoms. The van der Waals surface area contributed by atoms with Crippen molar-refractivity contribution in [2.24, 2.45) is 0 Å². The van der Waals surface area contributed by atoms with Crippen molar-refractivity contribution in [2.45, 2.75) is 50.4 Å². The van der Waals surface area contributed by atoms with E-state index in [-0.39, 0.29) is 29.3 Å². The number of aromatic nitrogens is 2. The molecule has 2 N–H and O–H groups in total. The third-order valence-electron chi connectivity index (χ3n) is 4.88. The number of aliphatic hydroxyl groups is 1. The number of halogens is 3. The number of hydrogen-bond donors (Lipinski definition) is 2. The molecule has 0 amide bonds. The van der Waals surface area contributed by atoms with Gasteiger partial charge in [0.2, 0.25) is 5.75 Å². The molecule has 15 heteroatoms. The Morgan fingerprint density at radius 1 is 0.976 bits per heavy atom. The topological polar surface area (TPSA) is 129 Å². The predicted octanol–water partition coefficient (Wildman–Crippen LogP) is 6.32. The van der Waals surface area contributed by atoms with Crippen LogP contribution in [-0.4, -0.2) is 49.3 Å². The number of nitrogens with zero attached hydrogens (tertiary/aromatic N) is 2. The fraction of sp³-hybridized carbons (Fsp3) is 0.385. The van der Waals surface area contributed by atoms with E-state index in [4.69, 9.17) is 14.2 Å². The number of nitrogens with one attached hydrogen (secondary N) is 1. The Morgan fingerprint density at radius 2 is 1.59 bits per heavy atom. The van der Waals surface area contributed by atoms with Gasteiger partial charge in [0.05, 0.1) is 13.7 Å². The van der Waals surface area contributed by atoms with E-state index in [2.05, 4.69) is 39.6 Å². The Labute approximate surface area is 241 Å². The number of alkyl halides is 3. The highest BCUT2D eigenvalue weighted by atomic mass is 32.2. The van der Waals surface area contributed by atoms with Gasteiger partial charge in [0, 0.05) is 4.90 Å². The molecule has 0 unspecified atom stereocenters. The van der Waals surface area contributed by atoms with Crippen LogP contribution in [-0.2, 0) is 15.5 Å². The van der Waals surface area contributed by atoms with Crippen LogP contribution >= 0.6 is 11.9 Å². The molecule has 1 aromatic heterocycles. The van der Waals surface area contributed by atoms with Gasteiger partial charge in [0.1, 0.15) is 6.61 Å². The van der Waals surface area contributed by atoms with Crippen LogP contribution in [0.15, 0.2) is 53.4 Å². The fourth-order valence-electron chi connectivity index (χ4n) is 2.94. The minimum atomic E-state index is -6.10. The van der Waals surface area contributed by atoms with Crippen LogP contribution in [0.5, 0.6) is 29.1 Å². The maximum Gasteiger partial charge on any atom is 0.534 e. The lowest BCUT2D eigenvalue weighted by molar-refractivity contribution is -0.0503. The first-order valence-corrected chi connectivity index (χ1v) is 14.5.